The maximum atomic E-state index is 9.26. The van der Waals surface area contributed by atoms with E-state index in [0.717, 1.165) is 12.8 Å². The van der Waals surface area contributed by atoms with Crippen molar-refractivity contribution >= 4 is 0 Å². The summed E-state index contributed by atoms with van der Waals surface area (Å²) in [6.45, 7) is 0.282. The van der Waals surface area contributed by atoms with Gasteiger partial charge in [0.1, 0.15) is 0 Å². The predicted octanol–water partition coefficient (Wildman–Crippen LogP) is 1.01. The Kier molecular flexibility index (Phi) is 2.34. The lowest BCUT2D eigenvalue weighted by Gasteiger charge is -2.35. The highest BCUT2D eigenvalue weighted by Crippen LogP contribution is 2.56. The molecule has 0 aromatic carbocycles. The minimum absolute atomic E-state index is 0.282. The quantitative estimate of drug-likeness (QED) is 0.669. The van der Waals surface area contributed by atoms with Gasteiger partial charge in [0.15, 0.2) is 5.79 Å². The maximum absolute atomic E-state index is 9.26. The van der Waals surface area contributed by atoms with Crippen LogP contribution in [0.1, 0.15) is 19.3 Å². The molecule has 2 bridgehead atoms. The Labute approximate surface area is 79.0 Å². The second-order valence-corrected chi connectivity index (χ2v) is 4.21. The lowest BCUT2D eigenvalue weighted by molar-refractivity contribution is -0.238. The number of fused-ring (bicyclic) bond motifs is 2. The number of ether oxygens (including phenoxy) is 2. The molecule has 3 nitrogen and oxygen atoms in total. The highest BCUT2D eigenvalue weighted by Gasteiger charge is 2.57. The lowest BCUT2D eigenvalue weighted by atomic mass is 9.93. The van der Waals surface area contributed by atoms with Gasteiger partial charge in [0.05, 0.1) is 0 Å². The van der Waals surface area contributed by atoms with E-state index >= 15 is 0 Å². The fourth-order valence-corrected chi connectivity index (χ4v) is 3.30. The summed E-state index contributed by atoms with van der Waals surface area (Å²) in [6, 6.07) is 0. The summed E-state index contributed by atoms with van der Waals surface area (Å²) in [4.78, 5) is 0. The molecule has 0 amide bonds. The van der Waals surface area contributed by atoms with Crippen LogP contribution in [0, 0.1) is 17.8 Å². The standard InChI is InChI=1S/C10H18O3/c1-12-10(13-2)5-7-3-4-9(10)8(7)6-11/h7-9,11H,3-6H2,1-2H3. The summed E-state index contributed by atoms with van der Waals surface area (Å²) >= 11 is 0. The van der Waals surface area contributed by atoms with Crippen LogP contribution in [0.2, 0.25) is 0 Å². The summed E-state index contributed by atoms with van der Waals surface area (Å²) in [7, 11) is 3.41. The van der Waals surface area contributed by atoms with Crippen molar-refractivity contribution in [1.29, 1.82) is 0 Å². The normalized spacial score (nSPS) is 41.3. The molecule has 0 aromatic rings. The third-order valence-corrected chi connectivity index (χ3v) is 3.98. The van der Waals surface area contributed by atoms with Crippen LogP contribution < -0.4 is 0 Å². The van der Waals surface area contributed by atoms with Gasteiger partial charge in [-0.25, -0.2) is 0 Å². The maximum Gasteiger partial charge on any atom is 0.170 e. The molecule has 3 unspecified atom stereocenters. The fraction of sp³-hybridized carbons (Fsp3) is 1.00. The Morgan fingerprint density at radius 2 is 2.00 bits per heavy atom. The van der Waals surface area contributed by atoms with Crippen LogP contribution >= 0.6 is 0 Å². The van der Waals surface area contributed by atoms with Crippen molar-refractivity contribution in [2.75, 3.05) is 20.8 Å². The largest absolute Gasteiger partial charge is 0.396 e. The van der Waals surface area contributed by atoms with Gasteiger partial charge >= 0.3 is 0 Å². The molecule has 0 heterocycles. The summed E-state index contributed by atoms with van der Waals surface area (Å²) < 4.78 is 11.0. The molecule has 0 aromatic heterocycles. The molecular formula is C10H18O3. The van der Waals surface area contributed by atoms with Gasteiger partial charge in [-0.3, -0.25) is 0 Å². The van der Waals surface area contributed by atoms with Crippen molar-refractivity contribution in [3.8, 4) is 0 Å². The molecule has 2 rings (SSSR count). The minimum Gasteiger partial charge on any atom is -0.396 e. The Morgan fingerprint density at radius 3 is 2.38 bits per heavy atom. The van der Waals surface area contributed by atoms with E-state index in [2.05, 4.69) is 0 Å². The van der Waals surface area contributed by atoms with E-state index in [-0.39, 0.29) is 6.61 Å². The molecule has 3 atom stereocenters. The van der Waals surface area contributed by atoms with E-state index < -0.39 is 5.79 Å². The fourth-order valence-electron chi connectivity index (χ4n) is 3.30. The topological polar surface area (TPSA) is 38.7 Å². The number of methoxy groups -OCH3 is 2. The van der Waals surface area contributed by atoms with Gasteiger partial charge in [0.2, 0.25) is 0 Å². The van der Waals surface area contributed by atoms with Gasteiger partial charge in [-0.05, 0) is 24.7 Å². The Bertz CT molecular complexity index is 189. The summed E-state index contributed by atoms with van der Waals surface area (Å²) in [5, 5.41) is 9.26. The average Bonchev–Trinajstić information content (AvgIpc) is 2.71. The molecule has 2 aliphatic rings. The second kappa shape index (κ2) is 3.23. The smallest absolute Gasteiger partial charge is 0.170 e. The Hall–Kier alpha value is -0.120. The molecule has 3 heteroatoms. The first-order valence-electron chi connectivity index (χ1n) is 4.98. The molecule has 0 aliphatic heterocycles. The molecule has 1 N–H and O–H groups in total. The van der Waals surface area contributed by atoms with Crippen LogP contribution in [0.15, 0.2) is 0 Å². The summed E-state index contributed by atoms with van der Waals surface area (Å²) in [6.07, 6.45) is 3.32. The SMILES string of the molecule is COC1(OC)CC2CCC1C2CO. The number of aliphatic hydroxyl groups excluding tert-OH is 1. The van der Waals surface area contributed by atoms with Gasteiger partial charge in [-0.2, -0.15) is 0 Å². The number of rotatable bonds is 3. The van der Waals surface area contributed by atoms with E-state index in [9.17, 15) is 5.11 Å². The molecular weight excluding hydrogens is 168 g/mol. The Balaban J connectivity index is 2.19. The van der Waals surface area contributed by atoms with Crippen LogP contribution in [0.25, 0.3) is 0 Å². The van der Waals surface area contributed by atoms with E-state index in [1.54, 1.807) is 14.2 Å². The predicted molar refractivity (Wildman–Crippen MR) is 48.2 cm³/mol. The zero-order valence-electron chi connectivity index (χ0n) is 8.32. The highest BCUT2D eigenvalue weighted by molar-refractivity contribution is 5.02. The van der Waals surface area contributed by atoms with Gasteiger partial charge in [-0.1, -0.05) is 0 Å². The lowest BCUT2D eigenvalue weighted by Crippen LogP contribution is -2.40. The molecule has 76 valence electrons. The molecule has 2 fully saturated rings. The third kappa shape index (κ3) is 1.14. The molecule has 13 heavy (non-hydrogen) atoms. The van der Waals surface area contributed by atoms with Crippen molar-refractivity contribution in [1.82, 2.24) is 0 Å². The average molecular weight is 186 g/mol. The van der Waals surface area contributed by atoms with Crippen LogP contribution in [0.5, 0.6) is 0 Å². The first-order chi connectivity index (χ1) is 6.27. The van der Waals surface area contributed by atoms with E-state index in [1.807, 2.05) is 0 Å². The molecule has 2 saturated carbocycles. The first kappa shape index (κ1) is 9.44. The summed E-state index contributed by atoms with van der Waals surface area (Å²) in [5.41, 5.74) is 0. The number of aliphatic hydroxyl groups is 1. The van der Waals surface area contributed by atoms with Crippen molar-refractivity contribution in [2.24, 2.45) is 17.8 Å². The zero-order chi connectivity index (χ0) is 9.47. The summed E-state index contributed by atoms with van der Waals surface area (Å²) in [5.74, 6) is 1.02. The molecule has 0 spiro atoms. The Morgan fingerprint density at radius 1 is 1.31 bits per heavy atom. The van der Waals surface area contributed by atoms with Crippen molar-refractivity contribution in [2.45, 2.75) is 25.0 Å². The van der Waals surface area contributed by atoms with Crippen molar-refractivity contribution in [3.63, 3.8) is 0 Å². The monoisotopic (exact) mass is 186 g/mol. The number of hydrogen-bond acceptors (Lipinski definition) is 3. The van der Waals surface area contributed by atoms with Crippen LogP contribution in [0.4, 0.5) is 0 Å². The number of hydrogen-bond donors (Lipinski definition) is 1. The molecule has 2 aliphatic carbocycles. The van der Waals surface area contributed by atoms with Crippen LogP contribution in [-0.4, -0.2) is 31.7 Å². The van der Waals surface area contributed by atoms with E-state index in [1.165, 1.54) is 6.42 Å². The minimum atomic E-state index is -0.393. The van der Waals surface area contributed by atoms with Crippen molar-refractivity contribution < 1.29 is 14.6 Å². The van der Waals surface area contributed by atoms with E-state index in [4.69, 9.17) is 9.47 Å². The van der Waals surface area contributed by atoms with Gasteiger partial charge in [0.25, 0.3) is 0 Å². The molecule has 0 radical (unpaired) electrons. The van der Waals surface area contributed by atoms with Gasteiger partial charge < -0.3 is 14.6 Å². The van der Waals surface area contributed by atoms with E-state index in [0.29, 0.717) is 17.8 Å². The van der Waals surface area contributed by atoms with Crippen LogP contribution in [-0.2, 0) is 9.47 Å². The first-order valence-corrected chi connectivity index (χ1v) is 4.98. The van der Waals surface area contributed by atoms with Gasteiger partial charge in [-0.15, -0.1) is 0 Å². The third-order valence-electron chi connectivity index (χ3n) is 3.98. The molecule has 0 saturated heterocycles. The zero-order valence-corrected chi connectivity index (χ0v) is 8.32. The second-order valence-electron chi connectivity index (χ2n) is 4.21. The van der Waals surface area contributed by atoms with Crippen LogP contribution in [0.3, 0.4) is 0 Å². The van der Waals surface area contributed by atoms with Gasteiger partial charge in [0, 0.05) is 33.2 Å². The highest BCUT2D eigenvalue weighted by atomic mass is 16.7. The van der Waals surface area contributed by atoms with Crippen molar-refractivity contribution in [3.05, 3.63) is 0 Å².